The maximum absolute atomic E-state index is 11.9. The van der Waals surface area contributed by atoms with Gasteiger partial charge in [0, 0.05) is 38.9 Å². The molecule has 2 fully saturated rings. The minimum atomic E-state index is 0.194. The van der Waals surface area contributed by atoms with Crippen LogP contribution in [0.4, 0.5) is 0 Å². The van der Waals surface area contributed by atoms with Crippen LogP contribution in [0, 0.1) is 11.3 Å². The van der Waals surface area contributed by atoms with Crippen LogP contribution in [0.5, 0.6) is 0 Å². The summed E-state index contributed by atoms with van der Waals surface area (Å²) in [5.74, 6) is 0.194. The van der Waals surface area contributed by atoms with Gasteiger partial charge < -0.3 is 9.64 Å². The molecule has 2 saturated heterocycles. The summed E-state index contributed by atoms with van der Waals surface area (Å²) in [6.07, 6.45) is 4.94. The van der Waals surface area contributed by atoms with Crippen LogP contribution in [0.2, 0.25) is 0 Å². The summed E-state index contributed by atoms with van der Waals surface area (Å²) in [4.78, 5) is 16.2. The highest BCUT2D eigenvalue weighted by Crippen LogP contribution is 2.21. The highest BCUT2D eigenvalue weighted by Gasteiger charge is 2.25. The van der Waals surface area contributed by atoms with Gasteiger partial charge in [-0.05, 0) is 6.42 Å². The Morgan fingerprint density at radius 3 is 3.09 bits per heavy atom. The summed E-state index contributed by atoms with van der Waals surface area (Å²) < 4.78 is 7.23. The number of carbonyl (C=O) groups excluding carboxylic acids is 1. The molecule has 1 atom stereocenters. The summed E-state index contributed by atoms with van der Waals surface area (Å²) in [5.41, 5.74) is 0.605. The molecule has 0 bridgehead atoms. The lowest BCUT2D eigenvalue weighted by molar-refractivity contribution is -0.130. The predicted molar refractivity (Wildman–Crippen MR) is 79.1 cm³/mol. The molecular weight excluding hydrogens is 282 g/mol. The summed E-state index contributed by atoms with van der Waals surface area (Å²) >= 11 is 0. The van der Waals surface area contributed by atoms with Crippen molar-refractivity contribution in [2.45, 2.75) is 18.9 Å². The van der Waals surface area contributed by atoms with E-state index in [1.54, 1.807) is 6.20 Å². The molecule has 0 radical (unpaired) electrons. The monoisotopic (exact) mass is 303 g/mol. The Morgan fingerprint density at radius 2 is 2.27 bits per heavy atom. The van der Waals surface area contributed by atoms with Crippen molar-refractivity contribution in [3.8, 4) is 6.07 Å². The van der Waals surface area contributed by atoms with Crippen LogP contribution >= 0.6 is 0 Å². The van der Waals surface area contributed by atoms with Gasteiger partial charge in [-0.2, -0.15) is 10.4 Å². The van der Waals surface area contributed by atoms with Crippen LogP contribution in [0.3, 0.4) is 0 Å². The normalized spacial score (nSPS) is 23.5. The molecule has 1 aromatic heterocycles. The van der Waals surface area contributed by atoms with Gasteiger partial charge in [0.2, 0.25) is 5.91 Å². The molecule has 0 N–H and O–H groups in total. The molecule has 7 nitrogen and oxygen atoms in total. The Balaban J connectivity index is 1.48. The topological polar surface area (TPSA) is 74.4 Å². The smallest absolute Gasteiger partial charge is 0.225 e. The summed E-state index contributed by atoms with van der Waals surface area (Å²) in [6, 6.07) is 2.43. The summed E-state index contributed by atoms with van der Waals surface area (Å²) in [7, 11) is 0. The zero-order valence-electron chi connectivity index (χ0n) is 12.6. The lowest BCUT2D eigenvalue weighted by Gasteiger charge is -2.23. The van der Waals surface area contributed by atoms with Gasteiger partial charge in [0.1, 0.15) is 6.07 Å². The Hall–Kier alpha value is -1.91. The third kappa shape index (κ3) is 3.46. The number of nitrogens with zero attached hydrogens (tertiary/aromatic N) is 5. The van der Waals surface area contributed by atoms with Crippen LogP contribution in [0.15, 0.2) is 12.4 Å². The Labute approximate surface area is 130 Å². The molecule has 0 aromatic carbocycles. The molecule has 2 aliphatic heterocycles. The van der Waals surface area contributed by atoms with E-state index >= 15 is 0 Å². The first-order valence-corrected chi connectivity index (χ1v) is 7.78. The second-order valence-corrected chi connectivity index (χ2v) is 5.81. The van der Waals surface area contributed by atoms with E-state index in [0.717, 1.165) is 32.6 Å². The molecule has 7 heteroatoms. The second-order valence-electron chi connectivity index (χ2n) is 5.81. The third-order valence-corrected chi connectivity index (χ3v) is 4.36. The zero-order chi connectivity index (χ0) is 15.4. The van der Waals surface area contributed by atoms with Gasteiger partial charge in [0.25, 0.3) is 0 Å². The summed E-state index contributed by atoms with van der Waals surface area (Å²) in [5, 5.41) is 13.1. The fraction of sp³-hybridized carbons (Fsp3) is 0.667. The maximum atomic E-state index is 11.9. The van der Waals surface area contributed by atoms with E-state index in [9.17, 15) is 4.79 Å². The lowest BCUT2D eigenvalue weighted by Crippen LogP contribution is -2.38. The van der Waals surface area contributed by atoms with Crippen LogP contribution in [-0.2, 0) is 9.53 Å². The number of carbonyl (C=O) groups is 1. The Morgan fingerprint density at radius 1 is 1.36 bits per heavy atom. The van der Waals surface area contributed by atoms with Gasteiger partial charge in [-0.3, -0.25) is 14.4 Å². The number of nitriles is 1. The van der Waals surface area contributed by atoms with Crippen molar-refractivity contribution in [2.24, 2.45) is 0 Å². The van der Waals surface area contributed by atoms with Crippen molar-refractivity contribution < 1.29 is 9.53 Å². The Kier molecular flexibility index (Phi) is 4.71. The van der Waals surface area contributed by atoms with E-state index < -0.39 is 0 Å². The van der Waals surface area contributed by atoms with Crippen molar-refractivity contribution in [1.29, 1.82) is 5.26 Å². The van der Waals surface area contributed by atoms with Gasteiger partial charge in [-0.1, -0.05) is 0 Å². The summed E-state index contributed by atoms with van der Waals surface area (Å²) in [6.45, 7) is 5.45. The van der Waals surface area contributed by atoms with Gasteiger partial charge >= 0.3 is 0 Å². The van der Waals surface area contributed by atoms with Crippen LogP contribution in [0.1, 0.15) is 24.4 Å². The van der Waals surface area contributed by atoms with E-state index in [4.69, 9.17) is 10.00 Å². The van der Waals surface area contributed by atoms with Crippen LogP contribution in [0.25, 0.3) is 0 Å². The second kappa shape index (κ2) is 6.90. The Bertz CT molecular complexity index is 565. The first-order chi connectivity index (χ1) is 10.8. The van der Waals surface area contributed by atoms with Crippen molar-refractivity contribution in [2.75, 3.05) is 45.9 Å². The van der Waals surface area contributed by atoms with Crippen molar-refractivity contribution in [1.82, 2.24) is 19.6 Å². The standard InChI is InChI=1S/C15H21N5O2/c16-9-13-10-17-20(11-13)14-1-3-18(12-14)4-5-19-6-8-22-7-2-15(19)21/h10-11,14H,1-8,12H2. The van der Waals surface area contributed by atoms with E-state index in [2.05, 4.69) is 16.1 Å². The number of hydrogen-bond acceptors (Lipinski definition) is 5. The van der Waals surface area contributed by atoms with Crippen molar-refractivity contribution in [3.63, 3.8) is 0 Å². The average Bonchev–Trinajstić information content (AvgIpc) is 3.14. The molecule has 1 aromatic rings. The molecule has 0 spiro atoms. The van der Waals surface area contributed by atoms with Crippen LogP contribution in [-0.4, -0.2) is 71.4 Å². The third-order valence-electron chi connectivity index (χ3n) is 4.36. The zero-order valence-corrected chi connectivity index (χ0v) is 12.6. The molecule has 118 valence electrons. The van der Waals surface area contributed by atoms with Gasteiger partial charge in [-0.25, -0.2) is 0 Å². The number of rotatable bonds is 4. The maximum Gasteiger partial charge on any atom is 0.225 e. The number of aromatic nitrogens is 2. The minimum Gasteiger partial charge on any atom is -0.379 e. The minimum absolute atomic E-state index is 0.194. The quantitative estimate of drug-likeness (QED) is 0.797. The molecular formula is C15H21N5O2. The number of amides is 1. The van der Waals surface area contributed by atoms with E-state index in [-0.39, 0.29) is 5.91 Å². The molecule has 1 amide bonds. The van der Waals surface area contributed by atoms with Gasteiger partial charge in [0.15, 0.2) is 0 Å². The molecule has 2 aliphatic rings. The fourth-order valence-electron chi connectivity index (χ4n) is 3.04. The van der Waals surface area contributed by atoms with E-state index in [0.29, 0.717) is 37.8 Å². The fourth-order valence-corrected chi connectivity index (χ4v) is 3.04. The number of ether oxygens (including phenoxy) is 1. The molecule has 1 unspecified atom stereocenters. The lowest BCUT2D eigenvalue weighted by atomic mass is 10.3. The van der Waals surface area contributed by atoms with E-state index in [1.807, 2.05) is 15.8 Å². The molecule has 0 saturated carbocycles. The first kappa shape index (κ1) is 15.0. The molecule has 3 heterocycles. The number of likely N-dealkylation sites (tertiary alicyclic amines) is 1. The highest BCUT2D eigenvalue weighted by atomic mass is 16.5. The van der Waals surface area contributed by atoms with Gasteiger partial charge in [-0.15, -0.1) is 0 Å². The predicted octanol–water partition coefficient (Wildman–Crippen LogP) is 0.250. The van der Waals surface area contributed by atoms with Crippen molar-refractivity contribution >= 4 is 5.91 Å². The van der Waals surface area contributed by atoms with Crippen LogP contribution < -0.4 is 0 Å². The largest absolute Gasteiger partial charge is 0.379 e. The SMILES string of the molecule is N#Cc1cnn(C2CCN(CCN3CCOCCC3=O)C2)c1. The molecule has 3 rings (SSSR count). The van der Waals surface area contributed by atoms with E-state index in [1.165, 1.54) is 0 Å². The van der Waals surface area contributed by atoms with Gasteiger partial charge in [0.05, 0.1) is 37.4 Å². The molecule has 0 aliphatic carbocycles. The van der Waals surface area contributed by atoms with Crippen molar-refractivity contribution in [3.05, 3.63) is 18.0 Å². The highest BCUT2D eigenvalue weighted by molar-refractivity contribution is 5.76. The average molecular weight is 303 g/mol. The number of hydrogen-bond donors (Lipinski definition) is 0. The molecule has 22 heavy (non-hydrogen) atoms. The first-order valence-electron chi connectivity index (χ1n) is 7.78.